The summed E-state index contributed by atoms with van der Waals surface area (Å²) in [7, 11) is 0. The SMILES string of the molecule is c1ccc2c(c1)CC(CN1CCC(CNC3CC3)CC1)O2. The van der Waals surface area contributed by atoms with Crippen molar-refractivity contribution in [3.05, 3.63) is 29.8 Å². The number of likely N-dealkylation sites (tertiary alicyclic amines) is 1. The Morgan fingerprint density at radius 3 is 2.67 bits per heavy atom. The van der Waals surface area contributed by atoms with Crippen molar-refractivity contribution in [1.82, 2.24) is 10.2 Å². The van der Waals surface area contributed by atoms with Crippen LogP contribution >= 0.6 is 0 Å². The van der Waals surface area contributed by atoms with Gasteiger partial charge in [0, 0.05) is 19.0 Å². The van der Waals surface area contributed by atoms with E-state index in [1.165, 1.54) is 50.9 Å². The molecule has 3 nitrogen and oxygen atoms in total. The smallest absolute Gasteiger partial charge is 0.123 e. The van der Waals surface area contributed by atoms with Gasteiger partial charge in [0.25, 0.3) is 0 Å². The summed E-state index contributed by atoms with van der Waals surface area (Å²) in [6.07, 6.45) is 6.94. The quantitative estimate of drug-likeness (QED) is 0.900. The minimum absolute atomic E-state index is 0.364. The van der Waals surface area contributed by atoms with Crippen molar-refractivity contribution in [2.45, 2.75) is 44.2 Å². The van der Waals surface area contributed by atoms with Crippen molar-refractivity contribution >= 4 is 0 Å². The summed E-state index contributed by atoms with van der Waals surface area (Å²) in [4.78, 5) is 2.60. The molecule has 0 bridgehead atoms. The first-order valence-corrected chi connectivity index (χ1v) is 8.57. The van der Waals surface area contributed by atoms with Crippen LogP contribution in [0.5, 0.6) is 5.75 Å². The lowest BCUT2D eigenvalue weighted by molar-refractivity contribution is 0.116. The van der Waals surface area contributed by atoms with Crippen molar-refractivity contribution in [2.75, 3.05) is 26.2 Å². The van der Waals surface area contributed by atoms with Crippen molar-refractivity contribution in [1.29, 1.82) is 0 Å². The molecule has 3 aliphatic rings. The van der Waals surface area contributed by atoms with Crippen LogP contribution in [0.4, 0.5) is 0 Å². The van der Waals surface area contributed by atoms with Crippen LogP contribution in [0.15, 0.2) is 24.3 Å². The molecule has 0 aromatic heterocycles. The molecule has 0 spiro atoms. The molecular weight excluding hydrogens is 260 g/mol. The number of para-hydroxylation sites is 1. The summed E-state index contributed by atoms with van der Waals surface area (Å²) in [6, 6.07) is 9.34. The normalized spacial score (nSPS) is 26.6. The fourth-order valence-electron chi connectivity index (χ4n) is 3.64. The largest absolute Gasteiger partial charge is 0.488 e. The van der Waals surface area contributed by atoms with E-state index in [4.69, 9.17) is 4.74 Å². The molecule has 114 valence electrons. The van der Waals surface area contributed by atoms with Crippen LogP contribution in [0.1, 0.15) is 31.2 Å². The number of nitrogens with one attached hydrogen (secondary N) is 1. The summed E-state index contributed by atoms with van der Waals surface area (Å²) in [5.41, 5.74) is 1.38. The van der Waals surface area contributed by atoms with E-state index in [1.807, 2.05) is 0 Å². The number of piperidine rings is 1. The molecule has 1 N–H and O–H groups in total. The van der Waals surface area contributed by atoms with Gasteiger partial charge in [-0.1, -0.05) is 18.2 Å². The molecule has 3 heteroatoms. The van der Waals surface area contributed by atoms with Gasteiger partial charge in [-0.3, -0.25) is 4.90 Å². The van der Waals surface area contributed by atoms with E-state index < -0.39 is 0 Å². The highest BCUT2D eigenvalue weighted by molar-refractivity contribution is 5.37. The number of fused-ring (bicyclic) bond motifs is 1. The van der Waals surface area contributed by atoms with E-state index >= 15 is 0 Å². The zero-order valence-corrected chi connectivity index (χ0v) is 12.8. The molecule has 2 heterocycles. The molecule has 1 aromatic carbocycles. The average molecular weight is 286 g/mol. The molecule has 1 atom stereocenters. The van der Waals surface area contributed by atoms with E-state index in [2.05, 4.69) is 34.5 Å². The molecule has 4 rings (SSSR count). The van der Waals surface area contributed by atoms with Crippen LogP contribution in [0.25, 0.3) is 0 Å². The number of benzene rings is 1. The summed E-state index contributed by atoms with van der Waals surface area (Å²) in [6.45, 7) is 4.82. The molecule has 0 amide bonds. The molecule has 1 unspecified atom stereocenters. The Kier molecular flexibility index (Phi) is 3.87. The predicted molar refractivity (Wildman–Crippen MR) is 84.8 cm³/mol. The Balaban J connectivity index is 1.21. The zero-order chi connectivity index (χ0) is 14.1. The Hall–Kier alpha value is -1.06. The predicted octanol–water partition coefficient (Wildman–Crippen LogP) is 2.45. The monoisotopic (exact) mass is 286 g/mol. The van der Waals surface area contributed by atoms with Gasteiger partial charge in [0.15, 0.2) is 0 Å². The Morgan fingerprint density at radius 1 is 1.10 bits per heavy atom. The van der Waals surface area contributed by atoms with Gasteiger partial charge in [-0.2, -0.15) is 0 Å². The van der Waals surface area contributed by atoms with Crippen LogP contribution in [-0.4, -0.2) is 43.2 Å². The third-order valence-electron chi connectivity index (χ3n) is 5.16. The van der Waals surface area contributed by atoms with E-state index in [0.717, 1.165) is 30.7 Å². The molecular formula is C18H26N2O. The van der Waals surface area contributed by atoms with Crippen molar-refractivity contribution in [2.24, 2.45) is 5.92 Å². The highest BCUT2D eigenvalue weighted by atomic mass is 16.5. The van der Waals surface area contributed by atoms with Gasteiger partial charge in [0.05, 0.1) is 0 Å². The molecule has 2 aliphatic heterocycles. The highest BCUT2D eigenvalue weighted by Crippen LogP contribution is 2.29. The van der Waals surface area contributed by atoms with E-state index in [9.17, 15) is 0 Å². The highest BCUT2D eigenvalue weighted by Gasteiger charge is 2.28. The fourth-order valence-corrected chi connectivity index (χ4v) is 3.64. The first-order valence-electron chi connectivity index (χ1n) is 8.57. The minimum atomic E-state index is 0.364. The Bertz CT molecular complexity index is 453. The summed E-state index contributed by atoms with van der Waals surface area (Å²) in [5, 5.41) is 3.68. The molecule has 1 aliphatic carbocycles. The summed E-state index contributed by atoms with van der Waals surface area (Å²) in [5.74, 6) is 1.99. The van der Waals surface area contributed by atoms with Gasteiger partial charge in [-0.15, -0.1) is 0 Å². The van der Waals surface area contributed by atoms with E-state index in [1.54, 1.807) is 0 Å². The van der Waals surface area contributed by atoms with Gasteiger partial charge >= 0.3 is 0 Å². The lowest BCUT2D eigenvalue weighted by Gasteiger charge is -2.33. The summed E-state index contributed by atoms with van der Waals surface area (Å²) >= 11 is 0. The number of hydrogen-bond acceptors (Lipinski definition) is 3. The van der Waals surface area contributed by atoms with E-state index in [0.29, 0.717) is 6.10 Å². The van der Waals surface area contributed by atoms with Crippen molar-refractivity contribution in [3.63, 3.8) is 0 Å². The zero-order valence-electron chi connectivity index (χ0n) is 12.8. The van der Waals surface area contributed by atoms with Gasteiger partial charge in [0.2, 0.25) is 0 Å². The molecule has 21 heavy (non-hydrogen) atoms. The maximum atomic E-state index is 6.07. The Labute approximate surface area is 127 Å². The minimum Gasteiger partial charge on any atom is -0.488 e. The molecule has 1 saturated carbocycles. The van der Waals surface area contributed by atoms with Gasteiger partial charge < -0.3 is 10.1 Å². The topological polar surface area (TPSA) is 24.5 Å². The second-order valence-corrected chi connectivity index (χ2v) is 6.98. The van der Waals surface area contributed by atoms with Crippen molar-refractivity contribution in [3.8, 4) is 5.75 Å². The Morgan fingerprint density at radius 2 is 1.90 bits per heavy atom. The second kappa shape index (κ2) is 5.98. The van der Waals surface area contributed by atoms with Gasteiger partial charge in [0.1, 0.15) is 11.9 Å². The third kappa shape index (κ3) is 3.41. The van der Waals surface area contributed by atoms with E-state index in [-0.39, 0.29) is 0 Å². The lowest BCUT2D eigenvalue weighted by Crippen LogP contribution is -2.42. The van der Waals surface area contributed by atoms with Crippen LogP contribution in [-0.2, 0) is 6.42 Å². The van der Waals surface area contributed by atoms with Crippen LogP contribution < -0.4 is 10.1 Å². The second-order valence-electron chi connectivity index (χ2n) is 6.98. The van der Waals surface area contributed by atoms with Crippen LogP contribution in [0.2, 0.25) is 0 Å². The maximum absolute atomic E-state index is 6.07. The van der Waals surface area contributed by atoms with Crippen molar-refractivity contribution < 1.29 is 4.74 Å². The standard InChI is InChI=1S/C18H26N2O/c1-2-4-18-15(3-1)11-17(21-18)13-20-9-7-14(8-10-20)12-19-16-5-6-16/h1-4,14,16-17,19H,5-13H2. The number of hydrogen-bond donors (Lipinski definition) is 1. The molecule has 1 saturated heterocycles. The van der Waals surface area contributed by atoms with Crippen LogP contribution in [0.3, 0.4) is 0 Å². The number of ether oxygens (including phenoxy) is 1. The average Bonchev–Trinajstić information content (AvgIpc) is 3.25. The lowest BCUT2D eigenvalue weighted by atomic mass is 9.96. The molecule has 2 fully saturated rings. The first kappa shape index (κ1) is 13.6. The molecule has 0 radical (unpaired) electrons. The first-order chi connectivity index (χ1) is 10.4. The number of nitrogens with zero attached hydrogens (tertiary/aromatic N) is 1. The van der Waals surface area contributed by atoms with Gasteiger partial charge in [-0.05, 0) is 62.9 Å². The maximum Gasteiger partial charge on any atom is 0.123 e. The molecule has 1 aromatic rings. The van der Waals surface area contributed by atoms with Crippen LogP contribution in [0, 0.1) is 5.92 Å². The number of rotatable bonds is 5. The fraction of sp³-hybridized carbons (Fsp3) is 0.667. The third-order valence-corrected chi connectivity index (χ3v) is 5.16. The van der Waals surface area contributed by atoms with Gasteiger partial charge in [-0.25, -0.2) is 0 Å². The summed E-state index contributed by atoms with van der Waals surface area (Å²) < 4.78 is 6.07.